The van der Waals surface area contributed by atoms with Crippen LogP contribution < -0.4 is 5.32 Å². The summed E-state index contributed by atoms with van der Waals surface area (Å²) in [5.74, 6) is 0.207. The van der Waals surface area contributed by atoms with Crippen LogP contribution in [0.25, 0.3) is 0 Å². The van der Waals surface area contributed by atoms with Crippen LogP contribution in [0.2, 0.25) is 0 Å². The number of nitro groups is 1. The standard InChI is InChI=1S/C14H18BrFN2O2/c1-9-3-2-4-10(6-5-9)17-13-8-12(16)11(15)7-14(13)18(19)20/h7-10,17H,2-6H2,1H3. The molecule has 2 atom stereocenters. The van der Waals surface area contributed by atoms with Gasteiger partial charge in [0.1, 0.15) is 11.5 Å². The molecule has 1 fully saturated rings. The Kier molecular flexibility index (Phi) is 4.96. The summed E-state index contributed by atoms with van der Waals surface area (Å²) in [7, 11) is 0. The third-order valence-electron chi connectivity index (χ3n) is 3.85. The molecule has 0 amide bonds. The zero-order valence-corrected chi connectivity index (χ0v) is 13.0. The van der Waals surface area contributed by atoms with Gasteiger partial charge in [0.25, 0.3) is 5.69 Å². The van der Waals surface area contributed by atoms with Gasteiger partial charge in [-0.05, 0) is 41.1 Å². The molecule has 1 N–H and O–H groups in total. The van der Waals surface area contributed by atoms with Crippen molar-refractivity contribution in [1.29, 1.82) is 0 Å². The molecule has 20 heavy (non-hydrogen) atoms. The van der Waals surface area contributed by atoms with Gasteiger partial charge in [-0.3, -0.25) is 10.1 Å². The van der Waals surface area contributed by atoms with E-state index in [4.69, 9.17) is 0 Å². The molecule has 1 aliphatic carbocycles. The van der Waals surface area contributed by atoms with E-state index in [1.807, 2.05) is 0 Å². The molecule has 2 rings (SSSR count). The number of anilines is 1. The van der Waals surface area contributed by atoms with Crippen LogP contribution in [0.5, 0.6) is 0 Å². The first-order valence-electron chi connectivity index (χ1n) is 6.87. The molecular formula is C14H18BrFN2O2. The van der Waals surface area contributed by atoms with E-state index in [9.17, 15) is 14.5 Å². The van der Waals surface area contributed by atoms with Gasteiger partial charge >= 0.3 is 0 Å². The summed E-state index contributed by atoms with van der Waals surface area (Å²) in [5, 5.41) is 14.2. The third kappa shape index (κ3) is 3.69. The molecule has 1 aliphatic rings. The molecule has 0 radical (unpaired) electrons. The molecule has 4 nitrogen and oxygen atoms in total. The Balaban J connectivity index is 2.19. The maximum atomic E-state index is 13.6. The number of nitrogens with one attached hydrogen (secondary N) is 1. The SMILES string of the molecule is CC1CCCC(Nc2cc(F)c(Br)cc2[N+](=O)[O-])CC1. The second-order valence-electron chi connectivity index (χ2n) is 5.50. The number of halogens is 2. The van der Waals surface area contributed by atoms with Crippen molar-refractivity contribution in [2.75, 3.05) is 5.32 Å². The lowest BCUT2D eigenvalue weighted by atomic mass is 10.0. The van der Waals surface area contributed by atoms with Gasteiger partial charge in [0.2, 0.25) is 0 Å². The first kappa shape index (κ1) is 15.2. The molecule has 0 aliphatic heterocycles. The summed E-state index contributed by atoms with van der Waals surface area (Å²) in [6.45, 7) is 2.23. The maximum absolute atomic E-state index is 13.6. The fourth-order valence-corrected chi connectivity index (χ4v) is 2.99. The number of rotatable bonds is 3. The average Bonchev–Trinajstić information content (AvgIpc) is 2.58. The van der Waals surface area contributed by atoms with E-state index < -0.39 is 10.7 Å². The second-order valence-corrected chi connectivity index (χ2v) is 6.35. The Morgan fingerprint density at radius 1 is 1.35 bits per heavy atom. The van der Waals surface area contributed by atoms with E-state index in [0.717, 1.165) is 25.7 Å². The van der Waals surface area contributed by atoms with Gasteiger partial charge in [0, 0.05) is 18.2 Å². The Morgan fingerprint density at radius 3 is 2.80 bits per heavy atom. The van der Waals surface area contributed by atoms with Crippen molar-refractivity contribution in [3.63, 3.8) is 0 Å². The molecule has 1 saturated carbocycles. The van der Waals surface area contributed by atoms with Crippen LogP contribution in [0.1, 0.15) is 39.0 Å². The minimum absolute atomic E-state index is 0.0874. The number of nitro benzene ring substituents is 1. The fourth-order valence-electron chi connectivity index (χ4n) is 2.65. The van der Waals surface area contributed by atoms with Crippen LogP contribution in [-0.2, 0) is 0 Å². The monoisotopic (exact) mass is 344 g/mol. The summed E-state index contributed by atoms with van der Waals surface area (Å²) in [6, 6.07) is 2.60. The summed E-state index contributed by atoms with van der Waals surface area (Å²) in [4.78, 5) is 10.6. The predicted molar refractivity (Wildman–Crippen MR) is 80.4 cm³/mol. The molecule has 110 valence electrons. The van der Waals surface area contributed by atoms with Crippen molar-refractivity contribution in [1.82, 2.24) is 0 Å². The van der Waals surface area contributed by atoms with Crippen molar-refractivity contribution < 1.29 is 9.31 Å². The fraction of sp³-hybridized carbons (Fsp3) is 0.571. The summed E-state index contributed by atoms with van der Waals surface area (Å²) >= 11 is 2.99. The van der Waals surface area contributed by atoms with Crippen molar-refractivity contribution in [2.45, 2.75) is 45.1 Å². The van der Waals surface area contributed by atoms with E-state index in [1.165, 1.54) is 18.6 Å². The van der Waals surface area contributed by atoms with Crippen molar-refractivity contribution in [2.24, 2.45) is 5.92 Å². The first-order valence-corrected chi connectivity index (χ1v) is 7.66. The largest absolute Gasteiger partial charge is 0.377 e. The lowest BCUT2D eigenvalue weighted by Gasteiger charge is -2.18. The van der Waals surface area contributed by atoms with Crippen LogP contribution in [0.15, 0.2) is 16.6 Å². The van der Waals surface area contributed by atoms with Crippen molar-refractivity contribution in [3.8, 4) is 0 Å². The first-order chi connectivity index (χ1) is 9.47. The van der Waals surface area contributed by atoms with Crippen molar-refractivity contribution in [3.05, 3.63) is 32.5 Å². The zero-order chi connectivity index (χ0) is 14.7. The highest BCUT2D eigenvalue weighted by atomic mass is 79.9. The smallest absolute Gasteiger partial charge is 0.293 e. The number of benzene rings is 1. The molecular weight excluding hydrogens is 327 g/mol. The summed E-state index contributed by atoms with van der Waals surface area (Å²) in [5.41, 5.74) is 0.186. The van der Waals surface area contributed by atoms with E-state index >= 15 is 0 Å². The van der Waals surface area contributed by atoms with Gasteiger partial charge in [-0.15, -0.1) is 0 Å². The Morgan fingerprint density at radius 2 is 2.10 bits per heavy atom. The second kappa shape index (κ2) is 6.52. The van der Waals surface area contributed by atoms with Gasteiger partial charge in [0.15, 0.2) is 0 Å². The Hall–Kier alpha value is -1.17. The van der Waals surface area contributed by atoms with Gasteiger partial charge in [0.05, 0.1) is 9.40 Å². The van der Waals surface area contributed by atoms with Gasteiger partial charge in [-0.25, -0.2) is 4.39 Å². The molecule has 0 spiro atoms. The zero-order valence-electron chi connectivity index (χ0n) is 11.4. The average molecular weight is 345 g/mol. The molecule has 1 aromatic rings. The van der Waals surface area contributed by atoms with E-state index in [-0.39, 0.29) is 21.9 Å². The van der Waals surface area contributed by atoms with Crippen LogP contribution in [0, 0.1) is 21.8 Å². The van der Waals surface area contributed by atoms with Crippen molar-refractivity contribution >= 4 is 27.3 Å². The third-order valence-corrected chi connectivity index (χ3v) is 4.46. The minimum Gasteiger partial charge on any atom is -0.377 e. The molecule has 1 aromatic carbocycles. The molecule has 0 heterocycles. The normalized spacial score (nSPS) is 23.1. The highest BCUT2D eigenvalue weighted by molar-refractivity contribution is 9.10. The Bertz CT molecular complexity index is 510. The van der Waals surface area contributed by atoms with Crippen LogP contribution in [0.3, 0.4) is 0 Å². The van der Waals surface area contributed by atoms with Crippen LogP contribution in [-0.4, -0.2) is 11.0 Å². The topological polar surface area (TPSA) is 55.2 Å². The molecule has 0 saturated heterocycles. The lowest BCUT2D eigenvalue weighted by molar-refractivity contribution is -0.384. The number of nitrogens with zero attached hydrogens (tertiary/aromatic N) is 1. The minimum atomic E-state index is -0.486. The predicted octanol–water partition coefficient (Wildman–Crippen LogP) is 4.88. The van der Waals surface area contributed by atoms with E-state index in [1.54, 1.807) is 0 Å². The van der Waals surface area contributed by atoms with E-state index in [2.05, 4.69) is 28.2 Å². The Labute approximate surface area is 126 Å². The maximum Gasteiger partial charge on any atom is 0.293 e. The molecule has 0 aromatic heterocycles. The summed E-state index contributed by atoms with van der Waals surface area (Å²) in [6.07, 6.45) is 5.33. The van der Waals surface area contributed by atoms with Gasteiger partial charge < -0.3 is 5.32 Å². The van der Waals surface area contributed by atoms with Crippen LogP contribution in [0.4, 0.5) is 15.8 Å². The van der Waals surface area contributed by atoms with Gasteiger partial charge in [-0.1, -0.05) is 19.8 Å². The highest BCUT2D eigenvalue weighted by Gasteiger charge is 2.22. The quantitative estimate of drug-likeness (QED) is 0.483. The highest BCUT2D eigenvalue weighted by Crippen LogP contribution is 2.33. The molecule has 6 heteroatoms. The summed E-state index contributed by atoms with van der Waals surface area (Å²) < 4.78 is 13.7. The lowest BCUT2D eigenvalue weighted by Crippen LogP contribution is -2.19. The van der Waals surface area contributed by atoms with E-state index in [0.29, 0.717) is 5.92 Å². The number of hydrogen-bond donors (Lipinski definition) is 1. The van der Waals surface area contributed by atoms with Crippen LogP contribution >= 0.6 is 15.9 Å². The van der Waals surface area contributed by atoms with Gasteiger partial charge in [-0.2, -0.15) is 0 Å². The molecule has 2 unspecified atom stereocenters. The molecule has 0 bridgehead atoms. The number of hydrogen-bond acceptors (Lipinski definition) is 3.